The first-order chi connectivity index (χ1) is 8.17. The number of nitrogens with zero attached hydrogens (tertiary/aromatic N) is 3. The molecule has 0 spiro atoms. The summed E-state index contributed by atoms with van der Waals surface area (Å²) in [6.45, 7) is 0. The second kappa shape index (κ2) is 4.48. The van der Waals surface area contributed by atoms with Crippen molar-refractivity contribution in [2.75, 3.05) is 7.11 Å². The number of benzene rings is 1. The highest BCUT2D eigenvalue weighted by Crippen LogP contribution is 2.26. The Morgan fingerprint density at radius 2 is 2.24 bits per heavy atom. The molecule has 0 amide bonds. The van der Waals surface area contributed by atoms with E-state index in [-0.39, 0.29) is 5.15 Å². The van der Waals surface area contributed by atoms with Crippen LogP contribution >= 0.6 is 11.6 Å². The summed E-state index contributed by atoms with van der Waals surface area (Å²) in [7, 11) is 3.36. The molecule has 0 saturated carbocycles. The highest BCUT2D eigenvalue weighted by atomic mass is 35.5. The normalized spacial score (nSPS) is 10.0. The maximum atomic E-state index is 8.94. The molecule has 0 bridgehead atoms. The molecule has 1 aromatic carbocycles. The molecule has 0 radical (unpaired) electrons. The number of halogens is 1. The molecule has 0 N–H and O–H groups in total. The van der Waals surface area contributed by atoms with Crippen LogP contribution in [0.15, 0.2) is 24.3 Å². The van der Waals surface area contributed by atoms with E-state index < -0.39 is 0 Å². The summed E-state index contributed by atoms with van der Waals surface area (Å²) in [5, 5.41) is 9.16. The van der Waals surface area contributed by atoms with Crippen LogP contribution in [0.3, 0.4) is 0 Å². The fourth-order valence-corrected chi connectivity index (χ4v) is 1.86. The molecule has 86 valence electrons. The van der Waals surface area contributed by atoms with Gasteiger partial charge in [-0.2, -0.15) is 5.26 Å². The Kier molecular flexibility index (Phi) is 3.03. The van der Waals surface area contributed by atoms with E-state index in [0.29, 0.717) is 11.5 Å². The van der Waals surface area contributed by atoms with Crippen LogP contribution in [0.5, 0.6) is 5.75 Å². The Bertz CT molecular complexity index is 598. The average molecular weight is 248 g/mol. The molecule has 0 aliphatic rings. The van der Waals surface area contributed by atoms with E-state index in [0.717, 1.165) is 11.3 Å². The molecule has 1 heterocycles. The first-order valence-electron chi connectivity index (χ1n) is 4.94. The van der Waals surface area contributed by atoms with Crippen LogP contribution in [0.2, 0.25) is 5.15 Å². The molecule has 0 aliphatic carbocycles. The molecule has 0 saturated heterocycles. The van der Waals surface area contributed by atoms with Crippen molar-refractivity contribution in [1.82, 2.24) is 9.55 Å². The second-order valence-corrected chi connectivity index (χ2v) is 3.84. The number of imidazole rings is 1. The lowest BCUT2D eigenvalue weighted by Crippen LogP contribution is -1.95. The summed E-state index contributed by atoms with van der Waals surface area (Å²) in [5.41, 5.74) is 1.21. The molecule has 2 rings (SSSR count). The van der Waals surface area contributed by atoms with Gasteiger partial charge in [-0.1, -0.05) is 23.7 Å². The lowest BCUT2D eigenvalue weighted by molar-refractivity contribution is 0.415. The Morgan fingerprint density at radius 3 is 2.82 bits per heavy atom. The molecule has 4 nitrogen and oxygen atoms in total. The van der Waals surface area contributed by atoms with E-state index in [1.165, 1.54) is 0 Å². The molecule has 5 heteroatoms. The molecule has 0 aliphatic heterocycles. The van der Waals surface area contributed by atoms with Crippen molar-refractivity contribution < 1.29 is 4.74 Å². The number of aromatic nitrogens is 2. The zero-order valence-corrected chi connectivity index (χ0v) is 10.2. The minimum atomic E-state index is 0.216. The van der Waals surface area contributed by atoms with Crippen molar-refractivity contribution in [3.63, 3.8) is 0 Å². The first-order valence-corrected chi connectivity index (χ1v) is 5.32. The van der Waals surface area contributed by atoms with Crippen molar-refractivity contribution >= 4 is 11.6 Å². The number of nitriles is 1. The number of hydrogen-bond donors (Lipinski definition) is 0. The maximum Gasteiger partial charge on any atom is 0.166 e. The predicted octanol–water partition coefficient (Wildman–Crippen LogP) is 2.62. The molecule has 0 atom stereocenters. The predicted molar refractivity (Wildman–Crippen MR) is 64.9 cm³/mol. The fraction of sp³-hybridized carbons (Fsp3) is 0.167. The second-order valence-electron chi connectivity index (χ2n) is 3.48. The summed E-state index contributed by atoms with van der Waals surface area (Å²) in [6.07, 6.45) is 0. The zero-order chi connectivity index (χ0) is 12.4. The van der Waals surface area contributed by atoms with Gasteiger partial charge in [0.15, 0.2) is 10.8 Å². The molecule has 0 fully saturated rings. The highest BCUT2D eigenvalue weighted by molar-refractivity contribution is 6.30. The van der Waals surface area contributed by atoms with Gasteiger partial charge >= 0.3 is 0 Å². The van der Waals surface area contributed by atoms with Crippen LogP contribution in [0.25, 0.3) is 11.4 Å². The van der Waals surface area contributed by atoms with Gasteiger partial charge in [0.2, 0.25) is 0 Å². The van der Waals surface area contributed by atoms with Crippen molar-refractivity contribution in [2.24, 2.45) is 7.05 Å². The minimum Gasteiger partial charge on any atom is -0.497 e. The van der Waals surface area contributed by atoms with Gasteiger partial charge in [0.05, 0.1) is 7.11 Å². The Labute approximate surface area is 104 Å². The van der Waals surface area contributed by atoms with Crippen LogP contribution in [0, 0.1) is 11.3 Å². The smallest absolute Gasteiger partial charge is 0.166 e. The molecule has 1 aromatic heterocycles. The van der Waals surface area contributed by atoms with Crippen LogP contribution in [0.1, 0.15) is 5.69 Å². The molecular formula is C12H10ClN3O. The lowest BCUT2D eigenvalue weighted by Gasteiger charge is -2.04. The Hall–Kier alpha value is -1.99. The standard InChI is InChI=1S/C12H10ClN3O/c1-16-10(7-14)11(13)15-12(16)8-4-3-5-9(6-8)17-2/h3-6H,1-2H3. The SMILES string of the molecule is COc1cccc(-c2nc(Cl)c(C#N)n2C)c1. The van der Waals surface area contributed by atoms with E-state index in [1.807, 2.05) is 30.3 Å². The van der Waals surface area contributed by atoms with E-state index in [1.54, 1.807) is 18.7 Å². The van der Waals surface area contributed by atoms with Crippen LogP contribution in [-0.2, 0) is 7.05 Å². The van der Waals surface area contributed by atoms with Crippen LogP contribution in [0.4, 0.5) is 0 Å². The van der Waals surface area contributed by atoms with Crippen molar-refractivity contribution in [3.8, 4) is 23.2 Å². The summed E-state index contributed by atoms with van der Waals surface area (Å²) >= 11 is 5.89. The average Bonchev–Trinajstić information content (AvgIpc) is 2.64. The van der Waals surface area contributed by atoms with Gasteiger partial charge in [-0.15, -0.1) is 0 Å². The van der Waals surface area contributed by atoms with Gasteiger partial charge in [-0.25, -0.2) is 4.98 Å². The third-order valence-electron chi connectivity index (χ3n) is 2.49. The molecule has 0 unspecified atom stereocenters. The fourth-order valence-electron chi connectivity index (χ4n) is 1.61. The van der Waals surface area contributed by atoms with Crippen molar-refractivity contribution in [2.45, 2.75) is 0 Å². The van der Waals surface area contributed by atoms with Gasteiger partial charge < -0.3 is 9.30 Å². The largest absolute Gasteiger partial charge is 0.497 e. The van der Waals surface area contributed by atoms with Crippen LogP contribution < -0.4 is 4.74 Å². The minimum absolute atomic E-state index is 0.216. The summed E-state index contributed by atoms with van der Waals surface area (Å²) in [4.78, 5) is 4.18. The summed E-state index contributed by atoms with van der Waals surface area (Å²) in [6, 6.07) is 9.47. The van der Waals surface area contributed by atoms with Gasteiger partial charge in [-0.3, -0.25) is 0 Å². The molecule has 2 aromatic rings. The van der Waals surface area contributed by atoms with E-state index in [9.17, 15) is 0 Å². The first kappa shape index (κ1) is 11.5. The Balaban J connectivity index is 2.57. The van der Waals surface area contributed by atoms with Crippen LogP contribution in [-0.4, -0.2) is 16.7 Å². The quantitative estimate of drug-likeness (QED) is 0.820. The number of hydrogen-bond acceptors (Lipinski definition) is 3. The van der Waals surface area contributed by atoms with Gasteiger partial charge in [0.25, 0.3) is 0 Å². The van der Waals surface area contributed by atoms with E-state index in [2.05, 4.69) is 4.98 Å². The number of ether oxygens (including phenoxy) is 1. The topological polar surface area (TPSA) is 50.8 Å². The van der Waals surface area contributed by atoms with Crippen molar-refractivity contribution in [1.29, 1.82) is 5.26 Å². The third kappa shape index (κ3) is 1.97. The van der Waals surface area contributed by atoms with E-state index >= 15 is 0 Å². The highest BCUT2D eigenvalue weighted by Gasteiger charge is 2.14. The maximum absolute atomic E-state index is 8.94. The summed E-state index contributed by atoms with van der Waals surface area (Å²) < 4.78 is 6.81. The summed E-state index contributed by atoms with van der Waals surface area (Å²) in [5.74, 6) is 1.38. The molecule has 17 heavy (non-hydrogen) atoms. The number of methoxy groups -OCH3 is 1. The Morgan fingerprint density at radius 1 is 1.47 bits per heavy atom. The monoisotopic (exact) mass is 247 g/mol. The zero-order valence-electron chi connectivity index (χ0n) is 9.44. The lowest BCUT2D eigenvalue weighted by atomic mass is 10.2. The van der Waals surface area contributed by atoms with E-state index in [4.69, 9.17) is 21.6 Å². The molecular weight excluding hydrogens is 238 g/mol. The van der Waals surface area contributed by atoms with Gasteiger partial charge in [0, 0.05) is 12.6 Å². The third-order valence-corrected chi connectivity index (χ3v) is 2.75. The van der Waals surface area contributed by atoms with Gasteiger partial charge in [0.1, 0.15) is 17.6 Å². The van der Waals surface area contributed by atoms with Crippen molar-refractivity contribution in [3.05, 3.63) is 35.1 Å². The van der Waals surface area contributed by atoms with Gasteiger partial charge in [-0.05, 0) is 12.1 Å². The number of rotatable bonds is 2.